The second kappa shape index (κ2) is 7.53. The summed E-state index contributed by atoms with van der Waals surface area (Å²) in [6, 6.07) is 10.3. The first-order chi connectivity index (χ1) is 11.2. The molecule has 3 rings (SSSR count). The van der Waals surface area contributed by atoms with E-state index in [4.69, 9.17) is 0 Å². The quantitative estimate of drug-likeness (QED) is 0.297. The lowest BCUT2D eigenvalue weighted by atomic mass is 10.1. The van der Waals surface area contributed by atoms with Crippen LogP contribution in [0.5, 0.6) is 0 Å². The molecule has 114 valence electrons. The fraction of sp³-hybridized carbons (Fsp3) is 0.250. The molecule has 0 saturated heterocycles. The molecule has 2 aromatic rings. The van der Waals surface area contributed by atoms with Crippen LogP contribution in [0.3, 0.4) is 0 Å². The zero-order valence-electron chi connectivity index (χ0n) is 13.1. The smallest absolute Gasteiger partial charge is 0.0775 e. The van der Waals surface area contributed by atoms with E-state index in [1.807, 2.05) is 25.1 Å². The van der Waals surface area contributed by atoms with Crippen molar-refractivity contribution in [3.05, 3.63) is 62.9 Å². The van der Waals surface area contributed by atoms with Gasteiger partial charge in [-0.15, -0.1) is 11.3 Å². The molecule has 0 saturated carbocycles. The van der Waals surface area contributed by atoms with E-state index in [1.54, 1.807) is 16.9 Å². The highest BCUT2D eigenvalue weighted by Crippen LogP contribution is 2.25. The van der Waals surface area contributed by atoms with Gasteiger partial charge < -0.3 is 0 Å². The third-order valence-corrected chi connectivity index (χ3v) is 4.98. The fourth-order valence-electron chi connectivity index (χ4n) is 2.70. The standard InChI is InChI=1S/C20H17NS2/c1-15-12-17(7-11-20(15)21-14-22)6-8-18-9-10-19(23-18)13-16-4-2-3-5-16/h4,7,9-12H,2-3,5,13H2,1H3. The molecule has 1 aromatic carbocycles. The van der Waals surface area contributed by atoms with Crippen LogP contribution in [-0.4, -0.2) is 5.16 Å². The van der Waals surface area contributed by atoms with Gasteiger partial charge in [0.2, 0.25) is 0 Å². The molecule has 0 amide bonds. The number of thiophene rings is 1. The number of benzene rings is 1. The van der Waals surface area contributed by atoms with Crippen LogP contribution in [0.4, 0.5) is 5.69 Å². The van der Waals surface area contributed by atoms with Crippen LogP contribution in [0.25, 0.3) is 0 Å². The minimum Gasteiger partial charge on any atom is -0.194 e. The zero-order chi connectivity index (χ0) is 16.1. The Balaban J connectivity index is 1.72. The van der Waals surface area contributed by atoms with E-state index in [-0.39, 0.29) is 0 Å². The number of thiocarbonyl (C=S) groups is 1. The number of allylic oxidation sites excluding steroid dienone is 2. The molecule has 23 heavy (non-hydrogen) atoms. The molecule has 1 aliphatic rings. The average Bonchev–Trinajstić information content (AvgIpc) is 3.20. The van der Waals surface area contributed by atoms with Crippen molar-refractivity contribution in [3.8, 4) is 11.8 Å². The molecule has 0 N–H and O–H groups in total. The Bertz CT molecular complexity index is 855. The SMILES string of the molecule is Cc1cc(C#Cc2ccc(CC3=CCCC3)s2)ccc1N=C=S. The van der Waals surface area contributed by atoms with Crippen LogP contribution in [-0.2, 0) is 6.42 Å². The molecule has 0 fully saturated rings. The van der Waals surface area contributed by atoms with Gasteiger partial charge in [-0.3, -0.25) is 0 Å². The Morgan fingerprint density at radius 1 is 1.22 bits per heavy atom. The highest BCUT2D eigenvalue weighted by Gasteiger charge is 2.07. The van der Waals surface area contributed by atoms with Crippen molar-refractivity contribution >= 4 is 34.4 Å². The van der Waals surface area contributed by atoms with Crippen molar-refractivity contribution in [2.24, 2.45) is 4.99 Å². The van der Waals surface area contributed by atoms with Gasteiger partial charge in [0.1, 0.15) is 0 Å². The maximum atomic E-state index is 4.65. The second-order valence-electron chi connectivity index (χ2n) is 5.65. The second-order valence-corrected chi connectivity index (χ2v) is 7.00. The van der Waals surface area contributed by atoms with Crippen LogP contribution in [0, 0.1) is 18.8 Å². The van der Waals surface area contributed by atoms with Crippen molar-refractivity contribution in [1.29, 1.82) is 0 Å². The van der Waals surface area contributed by atoms with Gasteiger partial charge in [-0.2, -0.15) is 4.99 Å². The van der Waals surface area contributed by atoms with Gasteiger partial charge in [-0.25, -0.2) is 0 Å². The third kappa shape index (κ3) is 4.27. The van der Waals surface area contributed by atoms with Crippen molar-refractivity contribution in [2.45, 2.75) is 32.6 Å². The molecule has 1 heterocycles. The summed E-state index contributed by atoms with van der Waals surface area (Å²) >= 11 is 6.45. The number of aliphatic imine (C=N–C) groups is 1. The van der Waals surface area contributed by atoms with Crippen molar-refractivity contribution < 1.29 is 0 Å². The van der Waals surface area contributed by atoms with Crippen molar-refractivity contribution in [3.63, 3.8) is 0 Å². The molecule has 1 aromatic heterocycles. The molecule has 1 nitrogen and oxygen atoms in total. The number of hydrogen-bond donors (Lipinski definition) is 0. The number of aryl methyl sites for hydroxylation is 1. The number of rotatable bonds is 3. The maximum Gasteiger partial charge on any atom is 0.0775 e. The van der Waals surface area contributed by atoms with Gasteiger partial charge in [-0.1, -0.05) is 23.5 Å². The molecule has 0 bridgehead atoms. The molecular formula is C20H17NS2. The first-order valence-electron chi connectivity index (χ1n) is 7.72. The van der Waals surface area contributed by atoms with Crippen LogP contribution in [0.2, 0.25) is 0 Å². The number of isothiocyanates is 1. The molecule has 0 atom stereocenters. The lowest BCUT2D eigenvalue weighted by Crippen LogP contribution is -1.82. The summed E-state index contributed by atoms with van der Waals surface area (Å²) in [5, 5.41) is 2.40. The first-order valence-corrected chi connectivity index (χ1v) is 8.94. The fourth-order valence-corrected chi connectivity index (χ4v) is 3.72. The lowest BCUT2D eigenvalue weighted by molar-refractivity contribution is 0.890. The van der Waals surface area contributed by atoms with Gasteiger partial charge in [-0.05, 0) is 74.3 Å². The monoisotopic (exact) mass is 335 g/mol. The maximum absolute atomic E-state index is 4.65. The predicted octanol–water partition coefficient (Wildman–Crippen LogP) is 5.84. The summed E-state index contributed by atoms with van der Waals surface area (Å²) in [5.41, 5.74) is 4.50. The van der Waals surface area contributed by atoms with E-state index < -0.39 is 0 Å². The van der Waals surface area contributed by atoms with E-state index in [2.05, 4.69) is 52.4 Å². The van der Waals surface area contributed by atoms with E-state index in [9.17, 15) is 0 Å². The molecule has 3 heteroatoms. The van der Waals surface area contributed by atoms with Gasteiger partial charge in [0.25, 0.3) is 0 Å². The summed E-state index contributed by atoms with van der Waals surface area (Å²) in [5.74, 6) is 6.50. The summed E-state index contributed by atoms with van der Waals surface area (Å²) < 4.78 is 0. The van der Waals surface area contributed by atoms with Crippen LogP contribution < -0.4 is 0 Å². The Morgan fingerprint density at radius 2 is 2.13 bits per heavy atom. The highest BCUT2D eigenvalue weighted by atomic mass is 32.1. The van der Waals surface area contributed by atoms with Crippen LogP contribution in [0.15, 0.2) is 47.0 Å². The van der Waals surface area contributed by atoms with Crippen LogP contribution >= 0.6 is 23.6 Å². The van der Waals surface area contributed by atoms with Gasteiger partial charge in [0.15, 0.2) is 0 Å². The zero-order valence-corrected chi connectivity index (χ0v) is 14.7. The molecular weight excluding hydrogens is 318 g/mol. The molecule has 0 radical (unpaired) electrons. The normalized spacial score (nSPS) is 13.0. The molecule has 1 aliphatic carbocycles. The summed E-state index contributed by atoms with van der Waals surface area (Å²) in [4.78, 5) is 6.56. The number of hydrogen-bond acceptors (Lipinski definition) is 3. The van der Waals surface area contributed by atoms with E-state index in [0.29, 0.717) is 0 Å². The topological polar surface area (TPSA) is 12.4 Å². The Labute approximate surface area is 146 Å². The minimum absolute atomic E-state index is 0.855. The molecule has 0 unspecified atom stereocenters. The number of nitrogens with zero attached hydrogens (tertiary/aromatic N) is 1. The van der Waals surface area contributed by atoms with Gasteiger partial charge in [0, 0.05) is 16.9 Å². The predicted molar refractivity (Wildman–Crippen MR) is 102 cm³/mol. The van der Waals surface area contributed by atoms with Crippen LogP contribution in [0.1, 0.15) is 40.1 Å². The average molecular weight is 335 g/mol. The van der Waals surface area contributed by atoms with E-state index in [0.717, 1.165) is 28.1 Å². The summed E-state index contributed by atoms with van der Waals surface area (Å²) in [7, 11) is 0. The van der Waals surface area contributed by atoms with Crippen molar-refractivity contribution in [2.75, 3.05) is 0 Å². The van der Waals surface area contributed by atoms with E-state index >= 15 is 0 Å². The first kappa shape index (κ1) is 15.9. The highest BCUT2D eigenvalue weighted by molar-refractivity contribution is 7.78. The Morgan fingerprint density at radius 3 is 2.87 bits per heavy atom. The summed E-state index contributed by atoms with van der Waals surface area (Å²) in [6.45, 7) is 2.01. The Hall–Kier alpha value is -1.98. The van der Waals surface area contributed by atoms with Gasteiger partial charge >= 0.3 is 0 Å². The third-order valence-electron chi connectivity index (χ3n) is 3.89. The molecule has 0 spiro atoms. The molecule has 0 aliphatic heterocycles. The minimum atomic E-state index is 0.855. The van der Waals surface area contributed by atoms with E-state index in [1.165, 1.54) is 24.1 Å². The van der Waals surface area contributed by atoms with Crippen molar-refractivity contribution in [1.82, 2.24) is 0 Å². The largest absolute Gasteiger partial charge is 0.194 e. The Kier molecular flexibility index (Phi) is 5.20. The summed E-state index contributed by atoms with van der Waals surface area (Å²) in [6.07, 6.45) is 7.30. The lowest BCUT2D eigenvalue weighted by Gasteiger charge is -1.98. The van der Waals surface area contributed by atoms with Gasteiger partial charge in [0.05, 0.1) is 15.7 Å².